The minimum Gasteiger partial charge on any atom is -0.462 e. The number of hydrogen-bond donors (Lipinski definition) is 1. The minimum atomic E-state index is -1.52. The number of esters is 2. The Morgan fingerprint density at radius 1 is 1.48 bits per heavy atom. The van der Waals surface area contributed by atoms with E-state index in [-0.39, 0.29) is 30.0 Å². The second-order valence-electron chi connectivity index (χ2n) is 5.92. The van der Waals surface area contributed by atoms with Gasteiger partial charge < -0.3 is 19.9 Å². The van der Waals surface area contributed by atoms with Gasteiger partial charge in [0.15, 0.2) is 17.0 Å². The molecule has 0 radical (unpaired) electrons. The van der Waals surface area contributed by atoms with E-state index in [9.17, 15) is 14.0 Å². The van der Waals surface area contributed by atoms with Crippen molar-refractivity contribution < 1.29 is 28.2 Å². The number of ether oxygens (including phenoxy) is 3. The molecule has 2 aromatic rings. The van der Waals surface area contributed by atoms with Crippen LogP contribution >= 0.6 is 0 Å². The number of nitrogens with zero attached hydrogens (tertiary/aromatic N) is 4. The summed E-state index contributed by atoms with van der Waals surface area (Å²) in [7, 11) is 0. The second kappa shape index (κ2) is 6.81. The number of nitrogen functional groups attached to an aromatic ring is 1. The maximum atomic E-state index is 13.6. The van der Waals surface area contributed by atoms with Crippen LogP contribution in [0, 0.1) is 18.4 Å². The Hall–Kier alpha value is -3.26. The van der Waals surface area contributed by atoms with Crippen LogP contribution in [0.15, 0.2) is 6.33 Å². The Morgan fingerprint density at radius 2 is 2.22 bits per heavy atom. The fourth-order valence-electron chi connectivity index (χ4n) is 2.88. The molecule has 1 aliphatic rings. The number of imidazole rings is 1. The number of halogens is 1. The molecule has 1 fully saturated rings. The third-order valence-electron chi connectivity index (χ3n) is 4.06. The first-order valence-electron chi connectivity index (χ1n) is 7.87. The first-order valence-corrected chi connectivity index (χ1v) is 7.87. The predicted octanol–water partition coefficient (Wildman–Crippen LogP) is 0.333. The molecule has 1 unspecified atom stereocenters. The maximum absolute atomic E-state index is 13.6. The van der Waals surface area contributed by atoms with E-state index in [1.807, 2.05) is 0 Å². The van der Waals surface area contributed by atoms with Crippen molar-refractivity contribution in [2.75, 3.05) is 12.3 Å². The monoisotopic (exact) mass is 377 g/mol. The van der Waals surface area contributed by atoms with Gasteiger partial charge in [0.2, 0.25) is 5.60 Å². The van der Waals surface area contributed by atoms with Gasteiger partial charge in [-0.1, -0.05) is 5.92 Å². The van der Waals surface area contributed by atoms with E-state index in [2.05, 4.69) is 20.9 Å². The molecule has 0 spiro atoms. The number of carbonyl (C=O) groups is 2. The molecule has 142 valence electrons. The smallest absolute Gasteiger partial charge is 0.312 e. The number of hydrogen-bond acceptors (Lipinski definition) is 9. The van der Waals surface area contributed by atoms with Crippen LogP contribution in [0.3, 0.4) is 0 Å². The summed E-state index contributed by atoms with van der Waals surface area (Å²) in [6.45, 7) is 2.10. The third-order valence-corrected chi connectivity index (χ3v) is 4.06. The molecule has 3 heterocycles. The predicted molar refractivity (Wildman–Crippen MR) is 88.2 cm³/mol. The summed E-state index contributed by atoms with van der Waals surface area (Å²) in [5.74, 6) is 1.12. The van der Waals surface area contributed by atoms with Crippen molar-refractivity contribution in [1.82, 2.24) is 19.5 Å². The molecule has 0 aliphatic carbocycles. The fraction of sp³-hybridized carbons (Fsp3) is 0.438. The lowest BCUT2D eigenvalue weighted by Gasteiger charge is -2.28. The summed E-state index contributed by atoms with van der Waals surface area (Å²) in [6.07, 6.45) is 4.29. The molecular formula is C16H16FN5O5. The van der Waals surface area contributed by atoms with Crippen LogP contribution in [0.5, 0.6) is 0 Å². The number of carbonyl (C=O) groups excluding carboxylic acids is 2. The zero-order valence-corrected chi connectivity index (χ0v) is 14.5. The number of terminal acetylenes is 1. The quantitative estimate of drug-likeness (QED) is 0.455. The van der Waals surface area contributed by atoms with Crippen LogP contribution in [-0.2, 0) is 23.8 Å². The highest BCUT2D eigenvalue weighted by atomic mass is 19.1. The van der Waals surface area contributed by atoms with Gasteiger partial charge >= 0.3 is 18.0 Å². The fourth-order valence-corrected chi connectivity index (χ4v) is 2.88. The van der Waals surface area contributed by atoms with Crippen LogP contribution in [0.2, 0.25) is 0 Å². The molecular weight excluding hydrogens is 361 g/mol. The zero-order valence-electron chi connectivity index (χ0n) is 14.5. The number of rotatable bonds is 4. The molecule has 27 heavy (non-hydrogen) atoms. The van der Waals surface area contributed by atoms with Crippen molar-refractivity contribution in [2.45, 2.75) is 38.2 Å². The Kier molecular flexibility index (Phi) is 4.67. The number of aromatic nitrogens is 4. The second-order valence-corrected chi connectivity index (χ2v) is 5.92. The normalized spacial score (nSPS) is 24.5. The largest absolute Gasteiger partial charge is 0.462 e. The van der Waals surface area contributed by atoms with E-state index in [1.165, 1.54) is 24.7 Å². The lowest BCUT2D eigenvalue weighted by Crippen LogP contribution is -2.45. The van der Waals surface area contributed by atoms with Gasteiger partial charge in [0, 0.05) is 20.3 Å². The molecule has 10 nitrogen and oxygen atoms in total. The van der Waals surface area contributed by atoms with Crippen molar-refractivity contribution in [1.29, 1.82) is 0 Å². The van der Waals surface area contributed by atoms with Crippen LogP contribution in [0.1, 0.15) is 26.5 Å². The number of anilines is 1. The zero-order chi connectivity index (χ0) is 19.8. The Morgan fingerprint density at radius 3 is 2.85 bits per heavy atom. The topological polar surface area (TPSA) is 131 Å². The maximum Gasteiger partial charge on any atom is 0.312 e. The average molecular weight is 377 g/mol. The summed E-state index contributed by atoms with van der Waals surface area (Å²) in [6, 6.07) is 0. The summed E-state index contributed by atoms with van der Waals surface area (Å²) in [5, 5.41) is 0. The van der Waals surface area contributed by atoms with Crippen LogP contribution in [0.25, 0.3) is 11.2 Å². The van der Waals surface area contributed by atoms with Gasteiger partial charge in [0.05, 0.1) is 6.33 Å². The minimum absolute atomic E-state index is 0.0897. The molecule has 3 rings (SSSR count). The Labute approximate surface area is 152 Å². The van der Waals surface area contributed by atoms with E-state index < -0.39 is 35.9 Å². The SMILES string of the molecule is C#C[C@]1(COC(C)=O)O[C@@H](n2cnc3c(N)nc(F)nc32)CC1OC(C)=O. The van der Waals surface area contributed by atoms with E-state index in [4.69, 9.17) is 26.4 Å². The summed E-state index contributed by atoms with van der Waals surface area (Å²) >= 11 is 0. The molecule has 0 amide bonds. The molecule has 0 bridgehead atoms. The Balaban J connectivity index is 1.99. The van der Waals surface area contributed by atoms with E-state index in [0.717, 1.165) is 0 Å². The van der Waals surface area contributed by atoms with Gasteiger partial charge in [-0.2, -0.15) is 14.4 Å². The van der Waals surface area contributed by atoms with E-state index in [1.54, 1.807) is 0 Å². The lowest BCUT2D eigenvalue weighted by molar-refractivity contribution is -0.164. The molecule has 1 saturated heterocycles. The molecule has 0 aromatic carbocycles. The third kappa shape index (κ3) is 3.39. The van der Waals surface area contributed by atoms with Crippen LogP contribution < -0.4 is 5.73 Å². The van der Waals surface area contributed by atoms with Gasteiger partial charge in [-0.3, -0.25) is 14.2 Å². The van der Waals surface area contributed by atoms with Gasteiger partial charge in [-0.25, -0.2) is 4.98 Å². The van der Waals surface area contributed by atoms with Crippen LogP contribution in [0.4, 0.5) is 10.2 Å². The first-order chi connectivity index (χ1) is 12.8. The molecule has 1 aliphatic heterocycles. The lowest BCUT2D eigenvalue weighted by atomic mass is 9.98. The average Bonchev–Trinajstić information content (AvgIpc) is 3.14. The highest BCUT2D eigenvalue weighted by molar-refractivity contribution is 5.81. The van der Waals surface area contributed by atoms with Gasteiger partial charge in [0.1, 0.15) is 18.9 Å². The van der Waals surface area contributed by atoms with Crippen molar-refractivity contribution in [3.05, 3.63) is 12.4 Å². The van der Waals surface area contributed by atoms with E-state index in [0.29, 0.717) is 0 Å². The Bertz CT molecular complexity index is 955. The molecule has 3 atom stereocenters. The number of fused-ring (bicyclic) bond motifs is 1. The summed E-state index contributed by atoms with van der Waals surface area (Å²) in [5.41, 5.74) is 4.41. The van der Waals surface area contributed by atoms with E-state index >= 15 is 0 Å². The molecule has 2 aromatic heterocycles. The standard InChI is InChI=1S/C16H16FN5O5/c1-4-16(6-25-8(2)23)10(26-9(3)24)5-11(27-16)22-7-19-12-13(18)20-15(17)21-14(12)22/h1,7,10-11H,5-6H2,2-3H3,(H2,18,20,21)/t10?,11-,16-/m1/s1. The van der Waals surface area contributed by atoms with Crippen molar-refractivity contribution in [3.63, 3.8) is 0 Å². The highest BCUT2D eigenvalue weighted by Crippen LogP contribution is 2.40. The van der Waals surface area contributed by atoms with Gasteiger partial charge in [-0.05, 0) is 0 Å². The molecule has 11 heteroatoms. The van der Waals surface area contributed by atoms with Gasteiger partial charge in [0.25, 0.3) is 0 Å². The van der Waals surface area contributed by atoms with Crippen molar-refractivity contribution >= 4 is 28.9 Å². The summed E-state index contributed by atoms with van der Waals surface area (Å²) in [4.78, 5) is 33.8. The highest BCUT2D eigenvalue weighted by Gasteiger charge is 2.52. The summed E-state index contributed by atoms with van der Waals surface area (Å²) < 4.78 is 31.2. The number of nitrogens with two attached hydrogens (primary N) is 1. The van der Waals surface area contributed by atoms with Gasteiger partial charge in [-0.15, -0.1) is 6.42 Å². The molecule has 2 N–H and O–H groups in total. The molecule has 0 saturated carbocycles. The van der Waals surface area contributed by atoms with Crippen LogP contribution in [-0.4, -0.2) is 49.8 Å². The first kappa shape index (κ1) is 18.5. The van der Waals surface area contributed by atoms with Crippen molar-refractivity contribution in [3.8, 4) is 12.3 Å². The van der Waals surface area contributed by atoms with Crippen molar-refractivity contribution in [2.24, 2.45) is 0 Å².